The van der Waals surface area contributed by atoms with Crippen LogP contribution in [0.25, 0.3) is 0 Å². The Morgan fingerprint density at radius 1 is 0.970 bits per heavy atom. The summed E-state index contributed by atoms with van der Waals surface area (Å²) in [5, 5.41) is 0. The third kappa shape index (κ3) is 5.07. The Hall–Kier alpha value is -2.83. The van der Waals surface area contributed by atoms with Crippen molar-refractivity contribution in [2.75, 3.05) is 39.4 Å². The van der Waals surface area contributed by atoms with E-state index < -0.39 is 23.7 Å². The van der Waals surface area contributed by atoms with Crippen LogP contribution in [0.5, 0.6) is 0 Å². The Bertz CT molecular complexity index is 981. The Morgan fingerprint density at radius 3 is 2.27 bits per heavy atom. The molecule has 6 heteroatoms. The minimum Gasteiger partial charge on any atom is -0.379 e. The maximum atomic E-state index is 13.4. The molecule has 2 aromatic carbocycles. The highest BCUT2D eigenvalue weighted by atomic mass is 16.5. The molecule has 33 heavy (non-hydrogen) atoms. The summed E-state index contributed by atoms with van der Waals surface area (Å²) in [5.74, 6) is -2.09. The summed E-state index contributed by atoms with van der Waals surface area (Å²) in [6, 6.07) is 16.2. The molecule has 1 amide bonds. The summed E-state index contributed by atoms with van der Waals surface area (Å²) in [6.45, 7) is 8.72. The lowest BCUT2D eigenvalue weighted by Crippen LogP contribution is -2.39. The van der Waals surface area contributed by atoms with E-state index in [0.29, 0.717) is 18.0 Å². The molecule has 2 saturated heterocycles. The van der Waals surface area contributed by atoms with Gasteiger partial charge in [-0.25, -0.2) is 0 Å². The number of Topliss-reactive ketones (excluding diaryl/α,β-unsaturated/α-hetero) is 2. The molecule has 2 atom stereocenters. The lowest BCUT2D eigenvalue weighted by Gasteiger charge is -2.30. The number of ketones is 2. The van der Waals surface area contributed by atoms with Crippen molar-refractivity contribution in [3.63, 3.8) is 0 Å². The second kappa shape index (κ2) is 10.4. The number of carbonyl (C=O) groups is 3. The number of morpholine rings is 1. The van der Waals surface area contributed by atoms with Crippen LogP contribution in [0.2, 0.25) is 0 Å². The largest absolute Gasteiger partial charge is 0.379 e. The van der Waals surface area contributed by atoms with Crippen LogP contribution in [0.3, 0.4) is 0 Å². The van der Waals surface area contributed by atoms with Crippen molar-refractivity contribution in [3.05, 3.63) is 71.3 Å². The summed E-state index contributed by atoms with van der Waals surface area (Å²) in [7, 11) is 0. The first-order valence-electron chi connectivity index (χ1n) is 11.8. The van der Waals surface area contributed by atoms with Crippen molar-refractivity contribution in [1.82, 2.24) is 9.80 Å². The summed E-state index contributed by atoms with van der Waals surface area (Å²) in [4.78, 5) is 43.5. The van der Waals surface area contributed by atoms with Gasteiger partial charge >= 0.3 is 0 Å². The molecular weight excluding hydrogens is 416 g/mol. The van der Waals surface area contributed by atoms with E-state index in [4.69, 9.17) is 4.74 Å². The zero-order valence-corrected chi connectivity index (χ0v) is 19.4. The van der Waals surface area contributed by atoms with Crippen molar-refractivity contribution < 1.29 is 19.1 Å². The predicted molar refractivity (Wildman–Crippen MR) is 126 cm³/mol. The Labute approximate surface area is 195 Å². The molecule has 0 bridgehead atoms. The number of rotatable bonds is 8. The number of benzene rings is 2. The predicted octanol–water partition coefficient (Wildman–Crippen LogP) is 3.48. The van der Waals surface area contributed by atoms with E-state index in [-0.39, 0.29) is 5.78 Å². The summed E-state index contributed by atoms with van der Waals surface area (Å²) >= 11 is 0. The molecule has 0 spiro atoms. The third-order valence-corrected chi connectivity index (χ3v) is 6.67. The SMILES string of the molecule is CC(C)c1ccc(C2C(C(=O)c3ccccc3)C(=O)C(=O)N2CCCN2CCOCC2)cc1. The fourth-order valence-electron chi connectivity index (χ4n) is 4.75. The van der Waals surface area contributed by atoms with Crippen molar-refractivity contribution in [2.24, 2.45) is 5.92 Å². The monoisotopic (exact) mass is 448 g/mol. The van der Waals surface area contributed by atoms with Crippen molar-refractivity contribution >= 4 is 17.5 Å². The zero-order chi connectivity index (χ0) is 23.4. The average Bonchev–Trinajstić information content (AvgIpc) is 3.10. The van der Waals surface area contributed by atoms with E-state index in [1.807, 2.05) is 30.3 Å². The van der Waals surface area contributed by atoms with Crippen LogP contribution in [-0.4, -0.2) is 66.7 Å². The van der Waals surface area contributed by atoms with Crippen molar-refractivity contribution in [2.45, 2.75) is 32.2 Å². The molecule has 2 fully saturated rings. The van der Waals surface area contributed by atoms with E-state index in [0.717, 1.165) is 44.8 Å². The van der Waals surface area contributed by atoms with Gasteiger partial charge in [0, 0.05) is 31.7 Å². The van der Waals surface area contributed by atoms with Gasteiger partial charge in [-0.05, 0) is 23.5 Å². The normalized spacial score (nSPS) is 21.7. The lowest BCUT2D eigenvalue weighted by molar-refractivity contribution is -0.140. The quantitative estimate of drug-likeness (QED) is 0.351. The lowest BCUT2D eigenvalue weighted by atomic mass is 9.85. The first-order valence-corrected chi connectivity index (χ1v) is 11.8. The van der Waals surface area contributed by atoms with Gasteiger partial charge in [-0.1, -0.05) is 68.4 Å². The topological polar surface area (TPSA) is 66.9 Å². The molecule has 174 valence electrons. The first-order chi connectivity index (χ1) is 16.0. The smallest absolute Gasteiger partial charge is 0.291 e. The van der Waals surface area contributed by atoms with Crippen LogP contribution in [0.15, 0.2) is 54.6 Å². The fraction of sp³-hybridized carbons (Fsp3) is 0.444. The van der Waals surface area contributed by atoms with Crippen molar-refractivity contribution in [3.8, 4) is 0 Å². The van der Waals surface area contributed by atoms with Gasteiger partial charge in [0.1, 0.15) is 5.92 Å². The highest BCUT2D eigenvalue weighted by molar-refractivity contribution is 6.44. The van der Waals surface area contributed by atoms with Crippen LogP contribution >= 0.6 is 0 Å². The van der Waals surface area contributed by atoms with Crippen LogP contribution < -0.4 is 0 Å². The molecule has 0 radical (unpaired) electrons. The third-order valence-electron chi connectivity index (χ3n) is 6.67. The highest BCUT2D eigenvalue weighted by Crippen LogP contribution is 2.38. The molecule has 0 N–H and O–H groups in total. The van der Waals surface area contributed by atoms with Gasteiger partial charge in [0.15, 0.2) is 5.78 Å². The maximum Gasteiger partial charge on any atom is 0.291 e. The average molecular weight is 449 g/mol. The van der Waals surface area contributed by atoms with Crippen molar-refractivity contribution in [1.29, 1.82) is 0 Å². The van der Waals surface area contributed by atoms with Gasteiger partial charge in [-0.2, -0.15) is 0 Å². The number of hydrogen-bond acceptors (Lipinski definition) is 5. The minimum atomic E-state index is -1.02. The Morgan fingerprint density at radius 2 is 1.64 bits per heavy atom. The summed E-state index contributed by atoms with van der Waals surface area (Å²) in [5.41, 5.74) is 2.47. The van der Waals surface area contributed by atoms with Gasteiger partial charge in [0.25, 0.3) is 5.91 Å². The molecule has 2 unspecified atom stereocenters. The molecule has 2 aromatic rings. The highest BCUT2D eigenvalue weighted by Gasteiger charge is 2.51. The van der Waals surface area contributed by atoms with Gasteiger partial charge in [-0.15, -0.1) is 0 Å². The molecule has 4 rings (SSSR count). The second-order valence-corrected chi connectivity index (χ2v) is 9.14. The molecule has 0 aliphatic carbocycles. The van der Waals surface area contributed by atoms with E-state index in [1.165, 1.54) is 5.56 Å². The van der Waals surface area contributed by atoms with Crippen LogP contribution in [0.4, 0.5) is 0 Å². The maximum absolute atomic E-state index is 13.4. The van der Waals surface area contributed by atoms with Crippen LogP contribution in [0.1, 0.15) is 53.7 Å². The Balaban J connectivity index is 1.61. The van der Waals surface area contributed by atoms with Gasteiger partial charge in [0.05, 0.1) is 19.3 Å². The second-order valence-electron chi connectivity index (χ2n) is 9.14. The Kier molecular flexibility index (Phi) is 7.36. The van der Waals surface area contributed by atoms with E-state index in [9.17, 15) is 14.4 Å². The first kappa shape index (κ1) is 23.3. The van der Waals surface area contributed by atoms with Gasteiger partial charge in [0.2, 0.25) is 5.78 Å². The number of carbonyl (C=O) groups excluding carboxylic acids is 3. The molecule has 2 aliphatic heterocycles. The van der Waals surface area contributed by atoms with Gasteiger partial charge < -0.3 is 9.64 Å². The van der Waals surface area contributed by atoms with Crippen LogP contribution in [0, 0.1) is 5.92 Å². The number of amides is 1. The standard InChI is InChI=1S/C27H32N2O4/c1-19(2)20-9-11-21(12-10-20)24-23(25(30)22-7-4-3-5-8-22)26(31)27(32)29(24)14-6-13-28-15-17-33-18-16-28/h3-5,7-12,19,23-24H,6,13-18H2,1-2H3. The number of ether oxygens (including phenoxy) is 1. The molecule has 0 saturated carbocycles. The zero-order valence-electron chi connectivity index (χ0n) is 19.4. The summed E-state index contributed by atoms with van der Waals surface area (Å²) < 4.78 is 5.41. The fourth-order valence-corrected chi connectivity index (χ4v) is 4.75. The minimum absolute atomic E-state index is 0.289. The molecular formula is C27H32N2O4. The van der Waals surface area contributed by atoms with Crippen LogP contribution in [-0.2, 0) is 14.3 Å². The number of likely N-dealkylation sites (tertiary alicyclic amines) is 1. The summed E-state index contributed by atoms with van der Waals surface area (Å²) in [6.07, 6.45) is 0.742. The van der Waals surface area contributed by atoms with E-state index in [1.54, 1.807) is 29.2 Å². The molecule has 6 nitrogen and oxygen atoms in total. The number of hydrogen-bond donors (Lipinski definition) is 0. The van der Waals surface area contributed by atoms with E-state index >= 15 is 0 Å². The molecule has 2 heterocycles. The van der Waals surface area contributed by atoms with E-state index in [2.05, 4.69) is 18.7 Å². The number of nitrogens with zero attached hydrogens (tertiary/aromatic N) is 2. The molecule has 0 aromatic heterocycles. The van der Waals surface area contributed by atoms with Gasteiger partial charge in [-0.3, -0.25) is 19.3 Å². The molecule has 2 aliphatic rings.